The zero-order chi connectivity index (χ0) is 20.5. The van der Waals surface area contributed by atoms with E-state index in [1.807, 2.05) is 6.21 Å². The minimum absolute atomic E-state index is 1.01. The van der Waals surface area contributed by atoms with Crippen molar-refractivity contribution in [1.82, 2.24) is 0 Å². The number of benzene rings is 3. The van der Waals surface area contributed by atoms with Gasteiger partial charge in [-0.05, 0) is 60.2 Å². The number of rotatable bonds is 9. The molecule has 3 aromatic rings. The van der Waals surface area contributed by atoms with Crippen molar-refractivity contribution in [2.75, 3.05) is 4.30 Å². The molecule has 0 radical (unpaired) electrons. The van der Waals surface area contributed by atoms with Crippen molar-refractivity contribution in [2.24, 2.45) is 4.99 Å². The Hall–Kier alpha value is -2.34. The lowest BCUT2D eigenvalue weighted by Gasteiger charge is -2.16. The van der Waals surface area contributed by atoms with Crippen molar-refractivity contribution >= 4 is 32.0 Å². The zero-order valence-electron chi connectivity index (χ0n) is 17.9. The van der Waals surface area contributed by atoms with E-state index in [2.05, 4.69) is 97.9 Å². The van der Waals surface area contributed by atoms with Gasteiger partial charge in [0.15, 0.2) is 0 Å². The average Bonchev–Trinajstić information content (AvgIpc) is 2.77. The molecule has 148 valence electrons. The predicted octanol–water partition coefficient (Wildman–Crippen LogP) is 6.97. The summed E-state index contributed by atoms with van der Waals surface area (Å²) in [4.78, 5) is 4.71. The van der Waals surface area contributed by atoms with E-state index in [9.17, 15) is 0 Å². The number of nitrogens with one attached hydrogen (secondary N) is 1. The van der Waals surface area contributed by atoms with E-state index in [-0.39, 0.29) is 0 Å². The number of para-hydroxylation sites is 1. The van der Waals surface area contributed by atoms with Crippen molar-refractivity contribution in [3.63, 3.8) is 0 Å². The molecule has 0 bridgehead atoms. The number of hydrogen-bond donors (Lipinski definition) is 1. The molecule has 29 heavy (non-hydrogen) atoms. The van der Waals surface area contributed by atoms with Crippen LogP contribution in [0.15, 0.2) is 77.8 Å². The van der Waals surface area contributed by atoms with Crippen LogP contribution in [0.2, 0.25) is 10.6 Å². The largest absolute Gasteiger partial charge is 0.476 e. The Morgan fingerprint density at radius 3 is 2.34 bits per heavy atom. The third kappa shape index (κ3) is 6.33. The minimum atomic E-state index is -1.04. The SMILES string of the molecule is CCc1ccc(N=Cc2ccccc2C[CH2][Al]([CH2]C)[NH]c2ccccc2C)cc1. The Bertz CT molecular complexity index is 931. The van der Waals surface area contributed by atoms with Crippen LogP contribution in [0.25, 0.3) is 0 Å². The molecule has 3 aromatic carbocycles. The summed E-state index contributed by atoms with van der Waals surface area (Å²) in [5, 5.41) is 2.48. The molecule has 0 aliphatic rings. The molecule has 0 fully saturated rings. The highest BCUT2D eigenvalue weighted by Crippen LogP contribution is 2.19. The molecule has 0 atom stereocenters. The second-order valence-corrected chi connectivity index (χ2v) is 10.7. The topological polar surface area (TPSA) is 24.4 Å². The third-order valence-electron chi connectivity index (χ3n) is 5.51. The standard InChI is InChI=1S/C17H18N.C7H8N.C2H5.Al/c1-3-14-9-11-17(12-10-14)18-13-16-8-6-5-7-15(16)4-2;1-6-4-2-3-5-7(6)8;1-2;/h5-13H,2-4H2,1H3;2-5,8H,1H3;1H2,2H3;/q;-1;;+1. The molecule has 3 rings (SSSR count). The van der Waals surface area contributed by atoms with Gasteiger partial charge in [0.25, 0.3) is 0 Å². The smallest absolute Gasteiger partial charge is 0.411 e. The van der Waals surface area contributed by atoms with Crippen LogP contribution < -0.4 is 4.30 Å². The number of anilines is 1. The Kier molecular flexibility index (Phi) is 8.11. The first-order valence-electron chi connectivity index (χ1n) is 10.7. The summed E-state index contributed by atoms with van der Waals surface area (Å²) in [6.07, 6.45) is 4.18. The van der Waals surface area contributed by atoms with Gasteiger partial charge in [-0.15, -0.1) is 0 Å². The van der Waals surface area contributed by atoms with Crippen molar-refractivity contribution in [2.45, 2.75) is 44.2 Å². The van der Waals surface area contributed by atoms with Gasteiger partial charge in [-0.2, -0.15) is 0 Å². The molecule has 0 saturated carbocycles. The van der Waals surface area contributed by atoms with E-state index in [1.165, 1.54) is 38.5 Å². The monoisotopic (exact) mass is 398 g/mol. The first-order chi connectivity index (χ1) is 14.2. The summed E-state index contributed by atoms with van der Waals surface area (Å²) in [5.41, 5.74) is 7.61. The molecule has 3 heteroatoms. The second kappa shape index (κ2) is 11.0. The van der Waals surface area contributed by atoms with Crippen LogP contribution in [0.4, 0.5) is 11.4 Å². The molecule has 1 N–H and O–H groups in total. The van der Waals surface area contributed by atoms with Crippen LogP contribution in [0.5, 0.6) is 0 Å². The zero-order valence-corrected chi connectivity index (χ0v) is 19.0. The van der Waals surface area contributed by atoms with Crippen molar-refractivity contribution in [3.8, 4) is 0 Å². The second-order valence-electron chi connectivity index (χ2n) is 7.58. The maximum atomic E-state index is 4.71. The average molecular weight is 399 g/mol. The first-order valence-corrected chi connectivity index (χ1v) is 12.9. The van der Waals surface area contributed by atoms with Crippen LogP contribution >= 0.6 is 0 Å². The van der Waals surface area contributed by atoms with E-state index in [0.29, 0.717) is 0 Å². The molecule has 0 saturated heterocycles. The normalized spacial score (nSPS) is 11.0. The van der Waals surface area contributed by atoms with E-state index >= 15 is 0 Å². The summed E-state index contributed by atoms with van der Waals surface area (Å²) in [7, 11) is 0. The summed E-state index contributed by atoms with van der Waals surface area (Å²) in [6, 6.07) is 25.8. The van der Waals surface area contributed by atoms with Crippen molar-refractivity contribution in [3.05, 3.63) is 95.1 Å². The van der Waals surface area contributed by atoms with Gasteiger partial charge in [0, 0.05) is 11.9 Å². The predicted molar refractivity (Wildman–Crippen MR) is 129 cm³/mol. The summed E-state index contributed by atoms with van der Waals surface area (Å²) < 4.78 is 3.86. The van der Waals surface area contributed by atoms with Gasteiger partial charge < -0.3 is 4.30 Å². The Morgan fingerprint density at radius 1 is 0.897 bits per heavy atom. The number of aryl methyl sites for hydroxylation is 3. The van der Waals surface area contributed by atoms with E-state index < -0.39 is 14.4 Å². The lowest BCUT2D eigenvalue weighted by molar-refractivity contribution is 1.09. The maximum Gasteiger partial charge on any atom is 0.411 e. The molecule has 0 spiro atoms. The molecule has 0 unspecified atom stereocenters. The molecule has 2 nitrogen and oxygen atoms in total. The minimum Gasteiger partial charge on any atom is -0.476 e. The highest BCUT2D eigenvalue weighted by molar-refractivity contribution is 6.62. The van der Waals surface area contributed by atoms with Gasteiger partial charge in [-0.1, -0.05) is 79.0 Å². The van der Waals surface area contributed by atoms with Crippen LogP contribution in [-0.2, 0) is 12.8 Å². The summed E-state index contributed by atoms with van der Waals surface area (Å²) >= 11 is -1.04. The van der Waals surface area contributed by atoms with Crippen LogP contribution in [0, 0.1) is 6.92 Å². The van der Waals surface area contributed by atoms with Gasteiger partial charge in [0.1, 0.15) is 0 Å². The highest BCUT2D eigenvalue weighted by atomic mass is 27.2. The quantitative estimate of drug-likeness (QED) is 0.305. The first kappa shape index (κ1) is 21.4. The molecule has 0 aromatic heterocycles. The van der Waals surface area contributed by atoms with Gasteiger partial charge in [0.2, 0.25) is 0 Å². The number of nitrogens with zero attached hydrogens (tertiary/aromatic N) is 1. The van der Waals surface area contributed by atoms with E-state index in [4.69, 9.17) is 4.99 Å². The van der Waals surface area contributed by atoms with Crippen LogP contribution in [-0.4, -0.2) is 20.6 Å². The van der Waals surface area contributed by atoms with Gasteiger partial charge in [-0.25, -0.2) is 0 Å². The number of hydrogen-bond acceptors (Lipinski definition) is 2. The molecule has 0 heterocycles. The fourth-order valence-electron chi connectivity index (χ4n) is 3.51. The number of aliphatic imine (C=N–C) groups is 1. The third-order valence-corrected chi connectivity index (χ3v) is 8.20. The van der Waals surface area contributed by atoms with Crippen LogP contribution in [0.3, 0.4) is 0 Å². The molecule has 0 aliphatic heterocycles. The fraction of sp³-hybridized carbons (Fsp3) is 0.269. The summed E-state index contributed by atoms with van der Waals surface area (Å²) in [5.74, 6) is 0. The van der Waals surface area contributed by atoms with Gasteiger partial charge in [-0.3, -0.25) is 4.99 Å². The Morgan fingerprint density at radius 2 is 1.62 bits per heavy atom. The fourth-order valence-corrected chi connectivity index (χ4v) is 5.69. The summed E-state index contributed by atoms with van der Waals surface area (Å²) in [6.45, 7) is 6.67. The molecule has 0 amide bonds. The van der Waals surface area contributed by atoms with Gasteiger partial charge in [0.05, 0.1) is 5.69 Å². The molecular formula is C26H31AlN2. The van der Waals surface area contributed by atoms with Crippen molar-refractivity contribution in [1.29, 1.82) is 0 Å². The molecule has 0 aliphatic carbocycles. The lowest BCUT2D eigenvalue weighted by Crippen LogP contribution is -2.24. The molecular weight excluding hydrogens is 367 g/mol. The van der Waals surface area contributed by atoms with Crippen molar-refractivity contribution < 1.29 is 0 Å². The highest BCUT2D eigenvalue weighted by Gasteiger charge is 2.17. The Labute approximate surface area is 180 Å². The maximum absolute atomic E-state index is 4.71. The van der Waals surface area contributed by atoms with Gasteiger partial charge >= 0.3 is 14.4 Å². The van der Waals surface area contributed by atoms with E-state index in [0.717, 1.165) is 18.5 Å². The van der Waals surface area contributed by atoms with E-state index in [1.54, 1.807) is 0 Å². The lowest BCUT2D eigenvalue weighted by atomic mass is 10.1. The Balaban J connectivity index is 1.66. The van der Waals surface area contributed by atoms with Crippen LogP contribution in [0.1, 0.15) is 36.1 Å².